The monoisotopic (exact) mass is 345 g/mol. The maximum Gasteiger partial charge on any atom is 0.335 e. The Kier molecular flexibility index (Phi) is 3.92. The highest BCUT2D eigenvalue weighted by molar-refractivity contribution is 7.89. The molecule has 2 aliphatic carbocycles. The van der Waals surface area contributed by atoms with Gasteiger partial charge in [0, 0.05) is 18.9 Å². The van der Waals surface area contributed by atoms with Crippen molar-refractivity contribution in [2.75, 3.05) is 6.54 Å². The SMILES string of the molecule is O=C(O)c1cc2c(c(S(=O)(=O)NCC3CC3(F)F)c1)CCCC2. The molecule has 1 unspecified atom stereocenters. The average molecular weight is 345 g/mol. The number of carboxylic acids is 1. The number of hydrogen-bond donors (Lipinski definition) is 2. The average Bonchev–Trinajstić information content (AvgIpc) is 3.11. The van der Waals surface area contributed by atoms with Crippen molar-refractivity contribution in [2.24, 2.45) is 5.92 Å². The van der Waals surface area contributed by atoms with Gasteiger partial charge in [-0.15, -0.1) is 0 Å². The summed E-state index contributed by atoms with van der Waals surface area (Å²) in [7, 11) is -4.01. The molecule has 1 aromatic carbocycles. The Labute approximate surface area is 132 Å². The molecule has 1 aromatic rings. The van der Waals surface area contributed by atoms with Crippen molar-refractivity contribution in [1.29, 1.82) is 0 Å². The summed E-state index contributed by atoms with van der Waals surface area (Å²) in [5.41, 5.74) is 1.23. The Balaban J connectivity index is 1.93. The predicted octanol–water partition coefficient (Wildman–Crippen LogP) is 2.20. The molecule has 1 saturated carbocycles. The first kappa shape index (κ1) is 16.3. The number of sulfonamides is 1. The van der Waals surface area contributed by atoms with Gasteiger partial charge in [-0.2, -0.15) is 0 Å². The summed E-state index contributed by atoms with van der Waals surface area (Å²) in [4.78, 5) is 11.1. The van der Waals surface area contributed by atoms with Crippen LogP contribution in [0.4, 0.5) is 8.78 Å². The number of aryl methyl sites for hydroxylation is 1. The van der Waals surface area contributed by atoms with Gasteiger partial charge in [-0.1, -0.05) is 0 Å². The Bertz CT molecular complexity index is 761. The highest BCUT2D eigenvalue weighted by atomic mass is 32.2. The van der Waals surface area contributed by atoms with E-state index in [-0.39, 0.29) is 23.4 Å². The second-order valence-electron chi connectivity index (χ2n) is 6.14. The number of nitrogens with one attached hydrogen (secondary N) is 1. The molecule has 1 atom stereocenters. The number of halogens is 2. The van der Waals surface area contributed by atoms with Crippen molar-refractivity contribution in [2.45, 2.75) is 42.9 Å². The van der Waals surface area contributed by atoms with Crippen LogP contribution in [0.2, 0.25) is 0 Å². The molecule has 0 saturated heterocycles. The first-order valence-corrected chi connectivity index (χ1v) is 8.95. The maximum atomic E-state index is 12.9. The molecule has 126 valence electrons. The number of rotatable bonds is 5. The highest BCUT2D eigenvalue weighted by Crippen LogP contribution is 2.48. The lowest BCUT2D eigenvalue weighted by Crippen LogP contribution is -2.29. The zero-order valence-corrected chi connectivity index (χ0v) is 13.1. The van der Waals surface area contributed by atoms with Crippen molar-refractivity contribution in [3.63, 3.8) is 0 Å². The van der Waals surface area contributed by atoms with Gasteiger partial charge in [-0.05, 0) is 48.9 Å². The van der Waals surface area contributed by atoms with Gasteiger partial charge in [0.25, 0.3) is 5.92 Å². The Hall–Kier alpha value is -1.54. The van der Waals surface area contributed by atoms with Crippen molar-refractivity contribution < 1.29 is 27.1 Å². The molecule has 3 rings (SSSR count). The van der Waals surface area contributed by atoms with E-state index in [1.807, 2.05) is 0 Å². The molecular formula is C15H17F2NO4S. The smallest absolute Gasteiger partial charge is 0.335 e. The summed E-state index contributed by atoms with van der Waals surface area (Å²) in [6, 6.07) is 2.63. The molecule has 0 aliphatic heterocycles. The molecule has 5 nitrogen and oxygen atoms in total. The van der Waals surface area contributed by atoms with E-state index in [0.717, 1.165) is 18.9 Å². The van der Waals surface area contributed by atoms with Gasteiger partial charge in [-0.3, -0.25) is 0 Å². The summed E-state index contributed by atoms with van der Waals surface area (Å²) in [6.07, 6.45) is 2.55. The summed E-state index contributed by atoms with van der Waals surface area (Å²) < 4.78 is 53.0. The van der Waals surface area contributed by atoms with E-state index in [1.165, 1.54) is 6.07 Å². The molecule has 0 bridgehead atoms. The number of benzene rings is 1. The lowest BCUT2D eigenvalue weighted by Gasteiger charge is -2.20. The Morgan fingerprint density at radius 2 is 1.96 bits per heavy atom. The van der Waals surface area contributed by atoms with E-state index < -0.39 is 27.8 Å². The number of carbonyl (C=O) groups is 1. The first-order valence-electron chi connectivity index (χ1n) is 7.47. The van der Waals surface area contributed by atoms with Crippen molar-refractivity contribution >= 4 is 16.0 Å². The summed E-state index contributed by atoms with van der Waals surface area (Å²) in [5, 5.41) is 9.16. The van der Waals surface area contributed by atoms with Crippen LogP contribution in [-0.2, 0) is 22.9 Å². The molecule has 0 aromatic heterocycles. The third kappa shape index (κ3) is 3.23. The predicted molar refractivity (Wildman–Crippen MR) is 78.3 cm³/mol. The number of fused-ring (bicyclic) bond motifs is 1. The van der Waals surface area contributed by atoms with Gasteiger partial charge in [0.05, 0.1) is 10.5 Å². The van der Waals surface area contributed by atoms with Gasteiger partial charge in [-0.25, -0.2) is 26.7 Å². The lowest BCUT2D eigenvalue weighted by atomic mass is 9.90. The summed E-state index contributed by atoms with van der Waals surface area (Å²) >= 11 is 0. The number of aromatic carboxylic acids is 1. The van der Waals surface area contributed by atoms with Gasteiger partial charge in [0.15, 0.2) is 0 Å². The van der Waals surface area contributed by atoms with Crippen LogP contribution in [0.15, 0.2) is 17.0 Å². The van der Waals surface area contributed by atoms with Crippen LogP contribution in [0.5, 0.6) is 0 Å². The minimum Gasteiger partial charge on any atom is -0.478 e. The van der Waals surface area contributed by atoms with E-state index in [1.54, 1.807) is 0 Å². The Morgan fingerprint density at radius 1 is 1.30 bits per heavy atom. The minimum atomic E-state index is -4.01. The van der Waals surface area contributed by atoms with E-state index in [9.17, 15) is 22.0 Å². The van der Waals surface area contributed by atoms with Crippen molar-refractivity contribution in [1.82, 2.24) is 4.72 Å². The number of alkyl halides is 2. The van der Waals surface area contributed by atoms with Gasteiger partial charge < -0.3 is 5.11 Å². The molecule has 8 heteroatoms. The number of hydrogen-bond acceptors (Lipinski definition) is 3. The van der Waals surface area contributed by atoms with Crippen molar-refractivity contribution in [3.05, 3.63) is 28.8 Å². The fourth-order valence-electron chi connectivity index (χ4n) is 2.97. The van der Waals surface area contributed by atoms with E-state index >= 15 is 0 Å². The summed E-state index contributed by atoms with van der Waals surface area (Å²) in [6.45, 7) is -0.332. The second-order valence-corrected chi connectivity index (χ2v) is 7.87. The number of carboxylic acid groups (broad SMARTS) is 1. The van der Waals surface area contributed by atoms with Gasteiger partial charge in [0.2, 0.25) is 10.0 Å². The molecule has 2 N–H and O–H groups in total. The zero-order valence-electron chi connectivity index (χ0n) is 12.3. The largest absolute Gasteiger partial charge is 0.478 e. The first-order chi connectivity index (χ1) is 10.7. The van der Waals surface area contributed by atoms with E-state index in [4.69, 9.17) is 5.11 Å². The van der Waals surface area contributed by atoms with Crippen LogP contribution in [0.25, 0.3) is 0 Å². The Morgan fingerprint density at radius 3 is 2.57 bits per heavy atom. The third-order valence-electron chi connectivity index (χ3n) is 4.44. The molecule has 0 heterocycles. The lowest BCUT2D eigenvalue weighted by molar-refractivity contribution is 0.0696. The summed E-state index contributed by atoms with van der Waals surface area (Å²) in [5.74, 6) is -4.98. The molecule has 1 fully saturated rings. The van der Waals surface area contributed by atoms with Crippen LogP contribution in [0.1, 0.15) is 40.7 Å². The van der Waals surface area contributed by atoms with E-state index in [2.05, 4.69) is 4.72 Å². The standard InChI is InChI=1S/C15H17F2NO4S/c16-15(17)7-11(15)8-18-23(21,22)13-6-10(14(19)20)5-9-3-1-2-4-12(9)13/h5-6,11,18H,1-4,7-8H2,(H,19,20). The van der Waals surface area contributed by atoms with Crippen LogP contribution < -0.4 is 4.72 Å². The molecular weight excluding hydrogens is 328 g/mol. The highest BCUT2D eigenvalue weighted by Gasteiger charge is 2.56. The molecule has 0 radical (unpaired) electrons. The third-order valence-corrected chi connectivity index (χ3v) is 5.93. The van der Waals surface area contributed by atoms with Crippen LogP contribution >= 0.6 is 0 Å². The maximum absolute atomic E-state index is 12.9. The molecule has 23 heavy (non-hydrogen) atoms. The molecule has 0 amide bonds. The zero-order chi connectivity index (χ0) is 16.8. The molecule has 2 aliphatic rings. The van der Waals surface area contributed by atoms with Crippen LogP contribution in [-0.4, -0.2) is 32.0 Å². The van der Waals surface area contributed by atoms with E-state index in [0.29, 0.717) is 24.0 Å². The quantitative estimate of drug-likeness (QED) is 0.857. The minimum absolute atomic E-state index is 0.0870. The van der Waals surface area contributed by atoms with Crippen LogP contribution in [0.3, 0.4) is 0 Å². The van der Waals surface area contributed by atoms with Crippen molar-refractivity contribution in [3.8, 4) is 0 Å². The van der Waals surface area contributed by atoms with Gasteiger partial charge in [0.1, 0.15) is 0 Å². The molecule has 0 spiro atoms. The fourth-order valence-corrected chi connectivity index (χ4v) is 4.39. The normalized spacial score (nSPS) is 22.4. The topological polar surface area (TPSA) is 83.5 Å². The second kappa shape index (κ2) is 5.52. The van der Waals surface area contributed by atoms with Gasteiger partial charge >= 0.3 is 5.97 Å². The van der Waals surface area contributed by atoms with Crippen LogP contribution in [0, 0.1) is 5.92 Å². The fraction of sp³-hybridized carbons (Fsp3) is 0.533.